The number of nitrogens with zero attached hydrogens (tertiary/aromatic N) is 1. The lowest BCUT2D eigenvalue weighted by molar-refractivity contribution is -0.152. The van der Waals surface area contributed by atoms with Crippen LogP contribution in [0.2, 0.25) is 5.02 Å². The molecule has 27 heavy (non-hydrogen) atoms. The van der Waals surface area contributed by atoms with E-state index in [9.17, 15) is 18.0 Å². The second-order valence-electron chi connectivity index (χ2n) is 5.93. The number of carboxylic acid groups (broad SMARTS) is 1. The van der Waals surface area contributed by atoms with Gasteiger partial charge >= 0.3 is 12.1 Å². The molecule has 9 heteroatoms. The van der Waals surface area contributed by atoms with Crippen LogP contribution in [0.5, 0.6) is 17.2 Å². The summed E-state index contributed by atoms with van der Waals surface area (Å²) in [4.78, 5) is 11.2. The maximum absolute atomic E-state index is 12.7. The Kier molecular flexibility index (Phi) is 5.56. The van der Waals surface area contributed by atoms with Gasteiger partial charge in [-0.2, -0.15) is 18.4 Å². The molecule has 0 bridgehead atoms. The van der Waals surface area contributed by atoms with Crippen molar-refractivity contribution in [1.29, 1.82) is 5.26 Å². The first-order chi connectivity index (χ1) is 12.4. The molecular weight excluding hydrogens is 387 g/mol. The van der Waals surface area contributed by atoms with Crippen molar-refractivity contribution < 1.29 is 32.5 Å². The lowest BCUT2D eigenvalue weighted by Gasteiger charge is -2.22. The molecular formula is C18H13ClF3NO4. The van der Waals surface area contributed by atoms with Gasteiger partial charge in [-0.1, -0.05) is 11.6 Å². The Labute approximate surface area is 157 Å². The van der Waals surface area contributed by atoms with Crippen LogP contribution < -0.4 is 9.47 Å². The molecule has 0 saturated heterocycles. The summed E-state index contributed by atoms with van der Waals surface area (Å²) in [6.45, 7) is 2.60. The van der Waals surface area contributed by atoms with Gasteiger partial charge in [0.25, 0.3) is 0 Å². The highest BCUT2D eigenvalue weighted by atomic mass is 35.5. The van der Waals surface area contributed by atoms with Crippen LogP contribution in [0, 0.1) is 11.3 Å². The number of hydrogen-bond donors (Lipinski definition) is 1. The maximum Gasteiger partial charge on any atom is 0.416 e. The van der Waals surface area contributed by atoms with Crippen LogP contribution >= 0.6 is 11.6 Å². The molecule has 0 atom stereocenters. The normalized spacial score (nSPS) is 11.6. The molecule has 0 saturated carbocycles. The van der Waals surface area contributed by atoms with Gasteiger partial charge in [0.15, 0.2) is 5.60 Å². The van der Waals surface area contributed by atoms with Gasteiger partial charge in [0.2, 0.25) is 0 Å². The lowest BCUT2D eigenvalue weighted by Crippen LogP contribution is -2.38. The summed E-state index contributed by atoms with van der Waals surface area (Å²) in [6.07, 6.45) is -4.54. The largest absolute Gasteiger partial charge is 0.478 e. The van der Waals surface area contributed by atoms with E-state index in [1.54, 1.807) is 0 Å². The van der Waals surface area contributed by atoms with Gasteiger partial charge < -0.3 is 14.6 Å². The Balaban J connectivity index is 2.34. The number of aliphatic carboxylic acids is 1. The molecule has 2 aromatic carbocycles. The highest BCUT2D eigenvalue weighted by Crippen LogP contribution is 2.37. The van der Waals surface area contributed by atoms with Gasteiger partial charge in [-0.15, -0.1) is 0 Å². The summed E-state index contributed by atoms with van der Waals surface area (Å²) in [6, 6.07) is 8.44. The third-order valence-corrected chi connectivity index (χ3v) is 3.74. The summed E-state index contributed by atoms with van der Waals surface area (Å²) in [5.41, 5.74) is -2.47. The number of alkyl halides is 3. The van der Waals surface area contributed by atoms with Crippen molar-refractivity contribution >= 4 is 17.6 Å². The van der Waals surface area contributed by atoms with Crippen molar-refractivity contribution in [3.05, 3.63) is 52.5 Å². The first-order valence-electron chi connectivity index (χ1n) is 7.45. The van der Waals surface area contributed by atoms with Crippen LogP contribution in [0.3, 0.4) is 0 Å². The molecule has 0 spiro atoms. The molecule has 2 aromatic rings. The van der Waals surface area contributed by atoms with Gasteiger partial charge in [-0.05, 0) is 44.2 Å². The second-order valence-corrected chi connectivity index (χ2v) is 6.34. The van der Waals surface area contributed by atoms with Gasteiger partial charge in [0, 0.05) is 6.07 Å². The number of carbonyl (C=O) groups is 1. The van der Waals surface area contributed by atoms with Crippen molar-refractivity contribution in [2.75, 3.05) is 0 Å². The Morgan fingerprint density at radius 2 is 1.81 bits per heavy atom. The van der Waals surface area contributed by atoms with Crippen molar-refractivity contribution in [3.8, 4) is 23.3 Å². The molecule has 0 aromatic heterocycles. The van der Waals surface area contributed by atoms with Crippen LogP contribution in [0.4, 0.5) is 13.2 Å². The van der Waals surface area contributed by atoms with E-state index >= 15 is 0 Å². The Morgan fingerprint density at radius 1 is 1.15 bits per heavy atom. The monoisotopic (exact) mass is 399 g/mol. The molecule has 142 valence electrons. The van der Waals surface area contributed by atoms with E-state index in [1.165, 1.54) is 32.0 Å². The first-order valence-corrected chi connectivity index (χ1v) is 7.83. The summed E-state index contributed by atoms with van der Waals surface area (Å²) >= 11 is 5.85. The molecule has 2 rings (SSSR count). The molecule has 0 aliphatic rings. The maximum atomic E-state index is 12.7. The number of rotatable bonds is 5. The van der Waals surface area contributed by atoms with E-state index in [2.05, 4.69) is 0 Å². The molecule has 1 N–H and O–H groups in total. The number of carboxylic acids is 1. The molecule has 0 aliphatic heterocycles. The zero-order chi connectivity index (χ0) is 20.4. The molecule has 0 radical (unpaired) electrons. The number of halogens is 4. The van der Waals surface area contributed by atoms with Crippen LogP contribution in [0.15, 0.2) is 36.4 Å². The molecule has 0 fully saturated rings. The Hall–Kier alpha value is -2.92. The van der Waals surface area contributed by atoms with Crippen molar-refractivity contribution in [2.45, 2.75) is 25.6 Å². The predicted octanol–water partition coefficient (Wildman–Crippen LogP) is 5.26. The Bertz CT molecular complexity index is 920. The quantitative estimate of drug-likeness (QED) is 0.741. The van der Waals surface area contributed by atoms with Crippen LogP contribution in [0.25, 0.3) is 0 Å². The molecule has 0 unspecified atom stereocenters. The Morgan fingerprint density at radius 3 is 2.33 bits per heavy atom. The van der Waals surface area contributed by atoms with E-state index in [0.717, 1.165) is 18.2 Å². The molecule has 0 aliphatic carbocycles. The summed E-state index contributed by atoms with van der Waals surface area (Å²) in [5.74, 6) is -1.24. The lowest BCUT2D eigenvalue weighted by atomic mass is 10.1. The fraction of sp³-hybridized carbons (Fsp3) is 0.222. The van der Waals surface area contributed by atoms with Crippen molar-refractivity contribution in [2.24, 2.45) is 0 Å². The molecule has 0 heterocycles. The number of benzene rings is 2. The van der Waals surface area contributed by atoms with Crippen LogP contribution in [-0.2, 0) is 11.0 Å². The number of ether oxygens (including phenoxy) is 2. The van der Waals surface area contributed by atoms with E-state index in [1.807, 2.05) is 6.07 Å². The number of nitriles is 1. The minimum Gasteiger partial charge on any atom is -0.478 e. The standard InChI is InChI=1S/C18H13ClF3NO4/c1-17(2,16(24)25)27-15-8-12(5-3-10(15)9-23)26-14-6-4-11(7-13(14)19)18(20,21)22/h3-8H,1-2H3,(H,24,25). The summed E-state index contributed by atoms with van der Waals surface area (Å²) in [5, 5.41) is 18.0. The minimum atomic E-state index is -4.54. The topological polar surface area (TPSA) is 79.5 Å². The first kappa shape index (κ1) is 20.4. The SMILES string of the molecule is CC(C)(Oc1cc(Oc2ccc(C(F)(F)F)cc2Cl)ccc1C#N)C(=O)O. The van der Waals surface area contributed by atoms with Crippen molar-refractivity contribution in [1.82, 2.24) is 0 Å². The third-order valence-electron chi connectivity index (χ3n) is 3.44. The zero-order valence-electron chi connectivity index (χ0n) is 14.1. The van der Waals surface area contributed by atoms with E-state index in [0.29, 0.717) is 0 Å². The predicted molar refractivity (Wildman–Crippen MR) is 90.0 cm³/mol. The average Bonchev–Trinajstić information content (AvgIpc) is 2.55. The van der Waals surface area contributed by atoms with E-state index < -0.39 is 23.3 Å². The third kappa shape index (κ3) is 4.83. The fourth-order valence-corrected chi connectivity index (χ4v) is 2.17. The van der Waals surface area contributed by atoms with Gasteiger partial charge in [0.05, 0.1) is 16.1 Å². The van der Waals surface area contributed by atoms with Gasteiger partial charge in [-0.25, -0.2) is 4.79 Å². The summed E-state index contributed by atoms with van der Waals surface area (Å²) < 4.78 is 48.9. The fourth-order valence-electron chi connectivity index (χ4n) is 1.95. The molecule has 5 nitrogen and oxygen atoms in total. The highest BCUT2D eigenvalue weighted by molar-refractivity contribution is 6.32. The smallest absolute Gasteiger partial charge is 0.416 e. The zero-order valence-corrected chi connectivity index (χ0v) is 14.9. The van der Waals surface area contributed by atoms with Crippen molar-refractivity contribution in [3.63, 3.8) is 0 Å². The minimum absolute atomic E-state index is 0.0437. The van der Waals surface area contributed by atoms with Gasteiger partial charge in [-0.3, -0.25) is 0 Å². The van der Waals surface area contributed by atoms with Gasteiger partial charge in [0.1, 0.15) is 23.3 Å². The van der Waals surface area contributed by atoms with E-state index in [4.69, 9.17) is 31.4 Å². The highest BCUT2D eigenvalue weighted by Gasteiger charge is 2.32. The number of hydrogen-bond acceptors (Lipinski definition) is 4. The molecule has 0 amide bonds. The van der Waals surface area contributed by atoms with Crippen LogP contribution in [-0.4, -0.2) is 16.7 Å². The second kappa shape index (κ2) is 7.37. The van der Waals surface area contributed by atoms with Crippen LogP contribution in [0.1, 0.15) is 25.0 Å². The average molecular weight is 400 g/mol. The summed E-state index contributed by atoms with van der Waals surface area (Å²) in [7, 11) is 0. The van der Waals surface area contributed by atoms with E-state index in [-0.39, 0.29) is 27.8 Å².